The molecule has 1 spiro atoms. The molecule has 5 aliphatic carbocycles. The van der Waals surface area contributed by atoms with E-state index in [-0.39, 0.29) is 17.1 Å². The SMILES string of the molecule is CC(=O)NC1CC([C@H](N2CC3(CCN(c4ncnnc4Oc4ccc(F)cc4-c4cncnc4C4CC4)C3)C2)C23CC(C2)C3)C1. The summed E-state index contributed by atoms with van der Waals surface area (Å²) >= 11 is 0. The fourth-order valence-corrected chi connectivity index (χ4v) is 9.48. The Morgan fingerprint density at radius 2 is 1.91 bits per heavy atom. The number of nitrogens with one attached hydrogen (secondary N) is 1. The number of hydrogen-bond donors (Lipinski definition) is 1. The Hall–Kier alpha value is -3.73. The topological polar surface area (TPSA) is 109 Å². The molecule has 5 saturated carbocycles. The molecule has 1 atom stereocenters. The molecule has 2 aromatic heterocycles. The molecule has 1 N–H and O–H groups in total. The average Bonchev–Trinajstić information content (AvgIpc) is 3.70. The van der Waals surface area contributed by atoms with Crippen molar-refractivity contribution in [1.82, 2.24) is 35.4 Å². The van der Waals surface area contributed by atoms with Crippen molar-refractivity contribution >= 4 is 11.7 Å². The van der Waals surface area contributed by atoms with Crippen LogP contribution in [0.25, 0.3) is 11.1 Å². The maximum atomic E-state index is 14.5. The van der Waals surface area contributed by atoms with Crippen LogP contribution < -0.4 is 15.0 Å². The number of carbonyl (C=O) groups is 1. The minimum absolute atomic E-state index is 0.0877. The summed E-state index contributed by atoms with van der Waals surface area (Å²) in [5, 5.41) is 11.6. The second kappa shape index (κ2) is 10.1. The Morgan fingerprint density at radius 3 is 2.64 bits per heavy atom. The predicted molar refractivity (Wildman–Crippen MR) is 164 cm³/mol. The van der Waals surface area contributed by atoms with Crippen LogP contribution in [-0.4, -0.2) is 74.2 Å². The molecule has 3 aromatic rings. The maximum absolute atomic E-state index is 14.5. The van der Waals surface area contributed by atoms with Crippen LogP contribution in [0.5, 0.6) is 11.6 Å². The van der Waals surface area contributed by atoms with Crippen LogP contribution in [0.1, 0.15) is 69.9 Å². The van der Waals surface area contributed by atoms with Gasteiger partial charge in [0.1, 0.15) is 24.2 Å². The van der Waals surface area contributed by atoms with Crippen molar-refractivity contribution in [3.63, 3.8) is 0 Å². The fourth-order valence-electron chi connectivity index (χ4n) is 9.48. The molecule has 11 heteroatoms. The second-order valence-electron chi connectivity index (χ2n) is 14.9. The lowest BCUT2D eigenvalue weighted by atomic mass is 9.39. The van der Waals surface area contributed by atoms with Gasteiger partial charge in [0.2, 0.25) is 5.91 Å². The second-order valence-corrected chi connectivity index (χ2v) is 14.9. The smallest absolute Gasteiger partial charge is 0.282 e. The number of nitrogens with zero attached hydrogens (tertiary/aromatic N) is 7. The number of benzene rings is 1. The first kappa shape index (κ1) is 27.6. The number of anilines is 1. The van der Waals surface area contributed by atoms with E-state index >= 15 is 0 Å². The molecule has 1 aromatic carbocycles. The van der Waals surface area contributed by atoms with Crippen molar-refractivity contribution in [2.75, 3.05) is 31.1 Å². The maximum Gasteiger partial charge on any atom is 0.282 e. The minimum atomic E-state index is -0.346. The number of amides is 1. The van der Waals surface area contributed by atoms with E-state index in [1.165, 1.54) is 37.7 Å². The van der Waals surface area contributed by atoms with Gasteiger partial charge in [-0.25, -0.2) is 19.3 Å². The minimum Gasteiger partial charge on any atom is -0.434 e. The monoisotopic (exact) mass is 610 g/mol. The van der Waals surface area contributed by atoms with Gasteiger partial charge in [0.05, 0.1) is 5.69 Å². The number of likely N-dealkylation sites (tertiary alicyclic amines) is 1. The summed E-state index contributed by atoms with van der Waals surface area (Å²) in [5.41, 5.74) is 3.07. The van der Waals surface area contributed by atoms with Gasteiger partial charge < -0.3 is 15.0 Å². The molecular formula is C34H39FN8O2. The van der Waals surface area contributed by atoms with Crippen molar-refractivity contribution in [1.29, 1.82) is 0 Å². The Labute approximate surface area is 262 Å². The lowest BCUT2D eigenvalue weighted by Gasteiger charge is -2.72. The number of carbonyl (C=O) groups excluding carboxylic acids is 1. The van der Waals surface area contributed by atoms with E-state index in [9.17, 15) is 9.18 Å². The molecule has 234 valence electrons. The van der Waals surface area contributed by atoms with Crippen LogP contribution in [-0.2, 0) is 4.79 Å². The number of aromatic nitrogens is 5. The van der Waals surface area contributed by atoms with E-state index in [1.54, 1.807) is 25.5 Å². The van der Waals surface area contributed by atoms with Crippen LogP contribution >= 0.6 is 0 Å². The van der Waals surface area contributed by atoms with Crippen molar-refractivity contribution < 1.29 is 13.9 Å². The molecule has 2 bridgehead atoms. The summed E-state index contributed by atoms with van der Waals surface area (Å²) in [6.45, 7) is 5.62. The van der Waals surface area contributed by atoms with Gasteiger partial charge >= 0.3 is 0 Å². The van der Waals surface area contributed by atoms with Gasteiger partial charge in [-0.15, -0.1) is 10.2 Å². The van der Waals surface area contributed by atoms with Crippen LogP contribution in [0, 0.1) is 28.5 Å². The molecule has 7 fully saturated rings. The van der Waals surface area contributed by atoms with Crippen LogP contribution in [0.3, 0.4) is 0 Å². The van der Waals surface area contributed by atoms with E-state index < -0.39 is 0 Å². The summed E-state index contributed by atoms with van der Waals surface area (Å²) in [6.07, 6.45) is 14.4. The summed E-state index contributed by atoms with van der Waals surface area (Å²) < 4.78 is 21.0. The highest BCUT2D eigenvalue weighted by molar-refractivity contribution is 5.74. The van der Waals surface area contributed by atoms with Crippen molar-refractivity contribution in [3.8, 4) is 22.8 Å². The van der Waals surface area contributed by atoms with Gasteiger partial charge in [-0.05, 0) is 86.8 Å². The molecule has 2 aliphatic heterocycles. The molecule has 2 saturated heterocycles. The molecule has 10 rings (SSSR count). The van der Waals surface area contributed by atoms with Gasteiger partial charge in [0.15, 0.2) is 5.82 Å². The van der Waals surface area contributed by atoms with Gasteiger partial charge in [0, 0.05) is 73.8 Å². The highest BCUT2D eigenvalue weighted by atomic mass is 19.1. The van der Waals surface area contributed by atoms with E-state index in [0.717, 1.165) is 75.5 Å². The molecular weight excluding hydrogens is 571 g/mol. The molecule has 1 amide bonds. The first-order valence-corrected chi connectivity index (χ1v) is 16.6. The third kappa shape index (κ3) is 4.68. The lowest BCUT2D eigenvalue weighted by molar-refractivity contribution is -0.214. The zero-order chi connectivity index (χ0) is 30.3. The molecule has 0 radical (unpaired) electrons. The number of rotatable bonds is 9. The molecule has 0 unspecified atom stereocenters. The molecule has 7 aliphatic rings. The largest absolute Gasteiger partial charge is 0.434 e. The van der Waals surface area contributed by atoms with Crippen LogP contribution in [0.2, 0.25) is 0 Å². The van der Waals surface area contributed by atoms with E-state index in [0.29, 0.717) is 52.3 Å². The third-order valence-corrected chi connectivity index (χ3v) is 11.7. The average molecular weight is 611 g/mol. The lowest BCUT2D eigenvalue weighted by Crippen LogP contribution is -2.73. The number of halogens is 1. The highest BCUT2D eigenvalue weighted by Gasteiger charge is 2.66. The zero-order valence-electron chi connectivity index (χ0n) is 25.7. The first-order chi connectivity index (χ1) is 21.9. The third-order valence-electron chi connectivity index (χ3n) is 11.7. The van der Waals surface area contributed by atoms with E-state index in [4.69, 9.17) is 4.74 Å². The van der Waals surface area contributed by atoms with E-state index in [2.05, 4.69) is 40.3 Å². The Balaban J connectivity index is 0.919. The number of hydrogen-bond acceptors (Lipinski definition) is 9. The number of ether oxygens (including phenoxy) is 1. The predicted octanol–water partition coefficient (Wildman–Crippen LogP) is 4.73. The van der Waals surface area contributed by atoms with Crippen molar-refractivity contribution in [2.24, 2.45) is 22.7 Å². The Bertz CT molecular complexity index is 1640. The Morgan fingerprint density at radius 1 is 1.09 bits per heavy atom. The molecule has 10 nitrogen and oxygen atoms in total. The van der Waals surface area contributed by atoms with Gasteiger partial charge in [-0.2, -0.15) is 0 Å². The summed E-state index contributed by atoms with van der Waals surface area (Å²) in [6, 6.07) is 5.52. The quantitative estimate of drug-likeness (QED) is 0.368. The first-order valence-electron chi connectivity index (χ1n) is 16.6. The fraction of sp³-hybridized carbons (Fsp3) is 0.588. The Kier molecular flexibility index (Phi) is 6.21. The highest BCUT2D eigenvalue weighted by Crippen LogP contribution is 2.70. The van der Waals surface area contributed by atoms with E-state index in [1.807, 2.05) is 0 Å². The summed E-state index contributed by atoms with van der Waals surface area (Å²) in [7, 11) is 0. The van der Waals surface area contributed by atoms with Crippen molar-refractivity contribution in [2.45, 2.75) is 76.3 Å². The standard InChI is InChI=1S/C34H39FN8O2/c1-20(44)40-25-8-23(9-25)30(34-11-21(12-34)13-34)43-16-33(17-43)6-7-42(15-33)31-32(41-39-19-38-31)45-28-5-4-24(35)10-26(28)27-14-36-18-37-29(27)22-2-3-22/h4-5,10,14,18-19,21-23,25,30H,2-3,6-9,11-13,15-17H2,1H3,(H,40,44)/t21?,23?,25?,30-,34?/m0/s1. The van der Waals surface area contributed by atoms with Crippen LogP contribution in [0.15, 0.2) is 37.1 Å². The van der Waals surface area contributed by atoms with Gasteiger partial charge in [0.25, 0.3) is 5.88 Å². The van der Waals surface area contributed by atoms with Crippen molar-refractivity contribution in [3.05, 3.63) is 48.6 Å². The van der Waals surface area contributed by atoms with Gasteiger partial charge in [-0.1, -0.05) is 0 Å². The molecule has 45 heavy (non-hydrogen) atoms. The van der Waals surface area contributed by atoms with Gasteiger partial charge in [-0.3, -0.25) is 9.69 Å². The summed E-state index contributed by atoms with van der Waals surface area (Å²) in [4.78, 5) is 30.1. The molecule has 4 heterocycles. The normalized spacial score (nSPS) is 30.1. The summed E-state index contributed by atoms with van der Waals surface area (Å²) in [5.74, 6) is 3.24. The van der Waals surface area contributed by atoms with Crippen LogP contribution in [0.4, 0.5) is 10.2 Å². The zero-order valence-corrected chi connectivity index (χ0v) is 25.7.